The predicted octanol–water partition coefficient (Wildman–Crippen LogP) is 1.99. The number of hydrogen-bond donors (Lipinski definition) is 0. The van der Waals surface area contributed by atoms with Crippen LogP contribution in [0.15, 0.2) is 18.2 Å². The fourth-order valence-corrected chi connectivity index (χ4v) is 1.97. The smallest absolute Gasteiger partial charge is 0.265 e. The number of anilines is 1. The zero-order valence-electron chi connectivity index (χ0n) is 7.87. The normalized spacial score (nSPS) is 14.8. The van der Waals surface area contributed by atoms with Crippen molar-refractivity contribution in [3.8, 4) is 5.75 Å². The van der Waals surface area contributed by atoms with E-state index in [9.17, 15) is 9.18 Å². The third kappa shape index (κ3) is 2.06. The minimum absolute atomic E-state index is 0.00685. The summed E-state index contributed by atoms with van der Waals surface area (Å²) < 4.78 is 18.6. The van der Waals surface area contributed by atoms with Crippen molar-refractivity contribution in [2.45, 2.75) is 0 Å². The van der Waals surface area contributed by atoms with Gasteiger partial charge in [0, 0.05) is 3.57 Å². The van der Waals surface area contributed by atoms with Gasteiger partial charge in [0.05, 0.1) is 12.2 Å². The van der Waals surface area contributed by atoms with Crippen LogP contribution in [-0.4, -0.2) is 25.7 Å². The number of carbonyl (C=O) groups is 1. The Bertz CT molecular complexity index is 397. The van der Waals surface area contributed by atoms with Crippen LogP contribution in [0.2, 0.25) is 0 Å². The van der Waals surface area contributed by atoms with Gasteiger partial charge < -0.3 is 9.64 Å². The molecule has 0 unspecified atom stereocenters. The van der Waals surface area contributed by atoms with Gasteiger partial charge in [-0.2, -0.15) is 0 Å². The standard InChI is InChI=1S/C10H9FINO2/c11-3-4-13-8-2-1-7(12)5-9(8)15-6-10(13)14/h1-2,5H,3-4,6H2. The van der Waals surface area contributed by atoms with Crippen LogP contribution >= 0.6 is 22.6 Å². The molecule has 1 amide bonds. The molecule has 0 atom stereocenters. The Labute approximate surface area is 100 Å². The minimum Gasteiger partial charge on any atom is -0.482 e. The van der Waals surface area contributed by atoms with E-state index in [2.05, 4.69) is 22.6 Å². The molecule has 1 aliphatic rings. The van der Waals surface area contributed by atoms with E-state index >= 15 is 0 Å². The third-order valence-corrected chi connectivity index (χ3v) is 2.84. The highest BCUT2D eigenvalue weighted by Crippen LogP contribution is 2.33. The number of hydrogen-bond acceptors (Lipinski definition) is 2. The SMILES string of the molecule is O=C1COc2cc(I)ccc2N1CCF. The van der Waals surface area contributed by atoms with Crippen LogP contribution in [0.4, 0.5) is 10.1 Å². The van der Waals surface area contributed by atoms with Crippen molar-refractivity contribution in [1.29, 1.82) is 0 Å². The van der Waals surface area contributed by atoms with Crippen LogP contribution in [-0.2, 0) is 4.79 Å². The summed E-state index contributed by atoms with van der Waals surface area (Å²) in [7, 11) is 0. The molecule has 0 saturated heterocycles. The predicted molar refractivity (Wildman–Crippen MR) is 63.0 cm³/mol. The highest BCUT2D eigenvalue weighted by atomic mass is 127. The molecule has 15 heavy (non-hydrogen) atoms. The summed E-state index contributed by atoms with van der Waals surface area (Å²) in [6.45, 7) is -0.458. The number of carbonyl (C=O) groups excluding carboxylic acids is 1. The number of fused-ring (bicyclic) bond motifs is 1. The van der Waals surface area contributed by atoms with E-state index in [0.29, 0.717) is 11.4 Å². The molecule has 0 bridgehead atoms. The molecule has 0 aromatic heterocycles. The Balaban J connectivity index is 2.39. The molecule has 0 fully saturated rings. The number of benzene rings is 1. The Morgan fingerprint density at radius 3 is 3.07 bits per heavy atom. The molecule has 1 heterocycles. The van der Waals surface area contributed by atoms with Gasteiger partial charge in [-0.05, 0) is 40.8 Å². The molecule has 0 saturated carbocycles. The number of rotatable bonds is 2. The molecule has 5 heteroatoms. The molecule has 1 aromatic rings. The van der Waals surface area contributed by atoms with E-state index < -0.39 is 6.67 Å². The fraction of sp³-hybridized carbons (Fsp3) is 0.300. The summed E-state index contributed by atoms with van der Waals surface area (Å²) >= 11 is 2.16. The van der Waals surface area contributed by atoms with Gasteiger partial charge in [0.25, 0.3) is 5.91 Å². The maximum atomic E-state index is 12.3. The van der Waals surface area contributed by atoms with Gasteiger partial charge in [-0.25, -0.2) is 4.39 Å². The van der Waals surface area contributed by atoms with Crippen molar-refractivity contribution in [3.63, 3.8) is 0 Å². The molecule has 3 nitrogen and oxygen atoms in total. The second-order valence-corrected chi connectivity index (χ2v) is 4.38. The quantitative estimate of drug-likeness (QED) is 0.780. The Hall–Kier alpha value is -0.850. The zero-order valence-corrected chi connectivity index (χ0v) is 10.0. The topological polar surface area (TPSA) is 29.5 Å². The van der Waals surface area contributed by atoms with E-state index in [4.69, 9.17) is 4.74 Å². The van der Waals surface area contributed by atoms with Gasteiger partial charge in [0.1, 0.15) is 12.4 Å². The lowest BCUT2D eigenvalue weighted by atomic mass is 10.2. The van der Waals surface area contributed by atoms with Crippen molar-refractivity contribution < 1.29 is 13.9 Å². The molecule has 1 aromatic carbocycles. The van der Waals surface area contributed by atoms with Gasteiger partial charge in [0.15, 0.2) is 6.61 Å². The second-order valence-electron chi connectivity index (χ2n) is 3.14. The van der Waals surface area contributed by atoms with E-state index in [1.807, 2.05) is 12.1 Å². The lowest BCUT2D eigenvalue weighted by Crippen LogP contribution is -2.40. The molecule has 0 spiro atoms. The first-order valence-corrected chi connectivity index (χ1v) is 5.59. The van der Waals surface area contributed by atoms with Crippen LogP contribution < -0.4 is 9.64 Å². The van der Waals surface area contributed by atoms with E-state index in [0.717, 1.165) is 3.57 Å². The van der Waals surface area contributed by atoms with Crippen molar-refractivity contribution >= 4 is 34.2 Å². The maximum Gasteiger partial charge on any atom is 0.265 e. The summed E-state index contributed by atoms with van der Waals surface area (Å²) in [5.74, 6) is 0.455. The molecule has 2 rings (SSSR count). The number of halogens is 2. The zero-order chi connectivity index (χ0) is 10.8. The van der Waals surface area contributed by atoms with Crippen LogP contribution in [0, 0.1) is 3.57 Å². The highest BCUT2D eigenvalue weighted by Gasteiger charge is 2.24. The minimum atomic E-state index is -0.544. The first kappa shape index (κ1) is 10.7. The Morgan fingerprint density at radius 1 is 1.53 bits per heavy atom. The maximum absolute atomic E-state index is 12.3. The highest BCUT2D eigenvalue weighted by molar-refractivity contribution is 14.1. The Morgan fingerprint density at radius 2 is 2.33 bits per heavy atom. The molecule has 0 N–H and O–H groups in total. The van der Waals surface area contributed by atoms with Crippen LogP contribution in [0.1, 0.15) is 0 Å². The summed E-state index contributed by atoms with van der Waals surface area (Å²) in [6, 6.07) is 5.49. The summed E-state index contributed by atoms with van der Waals surface area (Å²) in [6.07, 6.45) is 0. The van der Waals surface area contributed by atoms with Crippen LogP contribution in [0.3, 0.4) is 0 Å². The van der Waals surface area contributed by atoms with E-state index in [-0.39, 0.29) is 19.1 Å². The van der Waals surface area contributed by atoms with Gasteiger partial charge in [-0.3, -0.25) is 4.79 Å². The average Bonchev–Trinajstić information content (AvgIpc) is 2.22. The molecule has 0 aliphatic carbocycles. The summed E-state index contributed by atoms with van der Waals surface area (Å²) in [5, 5.41) is 0. The van der Waals surface area contributed by atoms with Crippen LogP contribution in [0.25, 0.3) is 0 Å². The molecular weight excluding hydrogens is 312 g/mol. The number of amides is 1. The molecule has 80 valence electrons. The number of ether oxygens (including phenoxy) is 1. The van der Waals surface area contributed by atoms with Gasteiger partial charge in [-0.15, -0.1) is 0 Å². The summed E-state index contributed by atoms with van der Waals surface area (Å²) in [5.41, 5.74) is 0.657. The Kier molecular flexibility index (Phi) is 3.08. The second kappa shape index (κ2) is 4.34. The largest absolute Gasteiger partial charge is 0.482 e. The number of nitrogens with zero attached hydrogens (tertiary/aromatic N) is 1. The van der Waals surface area contributed by atoms with Gasteiger partial charge in [0.2, 0.25) is 0 Å². The fourth-order valence-electron chi connectivity index (χ4n) is 1.51. The van der Waals surface area contributed by atoms with Crippen LogP contribution in [0.5, 0.6) is 5.75 Å². The van der Waals surface area contributed by atoms with Crippen molar-refractivity contribution in [2.75, 3.05) is 24.7 Å². The monoisotopic (exact) mass is 321 g/mol. The van der Waals surface area contributed by atoms with Gasteiger partial charge in [-0.1, -0.05) is 0 Å². The van der Waals surface area contributed by atoms with Crippen molar-refractivity contribution in [3.05, 3.63) is 21.8 Å². The van der Waals surface area contributed by atoms with Crippen molar-refractivity contribution in [2.24, 2.45) is 0 Å². The lowest BCUT2D eigenvalue weighted by molar-refractivity contribution is -0.121. The van der Waals surface area contributed by atoms with E-state index in [1.54, 1.807) is 6.07 Å². The molecule has 1 aliphatic heterocycles. The number of alkyl halides is 1. The van der Waals surface area contributed by atoms with E-state index in [1.165, 1.54) is 4.90 Å². The molecule has 0 radical (unpaired) electrons. The third-order valence-electron chi connectivity index (χ3n) is 2.17. The van der Waals surface area contributed by atoms with Gasteiger partial charge >= 0.3 is 0 Å². The first-order valence-electron chi connectivity index (χ1n) is 4.51. The summed E-state index contributed by atoms with van der Waals surface area (Å²) in [4.78, 5) is 12.9. The molecular formula is C10H9FINO2. The first-order chi connectivity index (χ1) is 7.22. The lowest BCUT2D eigenvalue weighted by Gasteiger charge is -2.28. The average molecular weight is 321 g/mol. The van der Waals surface area contributed by atoms with Crippen molar-refractivity contribution in [1.82, 2.24) is 0 Å².